The number of aromatic nitrogens is 3. The quantitative estimate of drug-likeness (QED) is 0.414. The fourth-order valence-electron chi connectivity index (χ4n) is 2.39. The highest BCUT2D eigenvalue weighted by Gasteiger charge is 2.33. The number of hydrogen-bond acceptors (Lipinski definition) is 7. The molecule has 0 unspecified atom stereocenters. The second-order valence-corrected chi connectivity index (χ2v) is 6.77. The van der Waals surface area contributed by atoms with Gasteiger partial charge in [-0.05, 0) is 12.1 Å². The number of anilines is 2. The first kappa shape index (κ1) is 22.6. The number of imidazole rings is 1. The number of benzene rings is 2. The molecule has 0 aliphatic carbocycles. The fraction of sp³-hybridized carbons (Fsp3) is 0.0526. The molecule has 0 aliphatic rings. The van der Waals surface area contributed by atoms with Crippen LogP contribution in [0.4, 0.5) is 24.3 Å². The van der Waals surface area contributed by atoms with Crippen LogP contribution >= 0.6 is 11.3 Å². The van der Waals surface area contributed by atoms with Crippen LogP contribution in [0.2, 0.25) is 0 Å². The molecule has 13 heteroatoms. The second-order valence-electron chi connectivity index (χ2n) is 5.91. The maximum Gasteiger partial charge on any atom is 0.573 e. The molecule has 9 nitrogen and oxygen atoms in total. The van der Waals surface area contributed by atoms with Gasteiger partial charge in [0.2, 0.25) is 0 Å². The highest BCUT2D eigenvalue weighted by atomic mass is 32.1. The van der Waals surface area contributed by atoms with Crippen molar-refractivity contribution in [2.45, 2.75) is 6.36 Å². The first-order valence-electron chi connectivity index (χ1n) is 8.62. The summed E-state index contributed by atoms with van der Waals surface area (Å²) in [5, 5.41) is 12.1. The molecule has 0 spiro atoms. The van der Waals surface area contributed by atoms with Crippen molar-refractivity contribution in [2.75, 3.05) is 11.1 Å². The van der Waals surface area contributed by atoms with Gasteiger partial charge in [0.05, 0.1) is 5.56 Å². The molecule has 0 atom stereocenters. The Kier molecular flexibility index (Phi) is 6.59. The average Bonchev–Trinajstić information content (AvgIpc) is 3.33. The van der Waals surface area contributed by atoms with E-state index >= 15 is 0 Å². The van der Waals surface area contributed by atoms with E-state index in [4.69, 9.17) is 10.8 Å². The molecule has 4 N–H and O–H groups in total. The maximum atomic E-state index is 12.3. The Morgan fingerprint density at radius 3 is 2.44 bits per heavy atom. The highest BCUT2D eigenvalue weighted by Crippen LogP contribution is 2.27. The minimum Gasteiger partial charge on any atom is -0.476 e. The minimum absolute atomic E-state index is 0.0517. The van der Waals surface area contributed by atoms with E-state index in [9.17, 15) is 22.8 Å². The number of alkyl halides is 3. The molecule has 4 rings (SSSR count). The number of rotatable bonds is 4. The second kappa shape index (κ2) is 9.34. The number of ether oxygens (including phenoxy) is 1. The van der Waals surface area contributed by atoms with Crippen LogP contribution in [0, 0.1) is 0 Å². The largest absolute Gasteiger partial charge is 0.573 e. The Labute approximate surface area is 181 Å². The third-order valence-corrected chi connectivity index (χ3v) is 4.41. The van der Waals surface area contributed by atoms with E-state index in [1.165, 1.54) is 17.5 Å². The lowest BCUT2D eigenvalue weighted by Gasteiger charge is -2.12. The number of nitrogens with zero attached hydrogens (tertiary/aromatic N) is 3. The number of carbonyl (C=O) groups is 2. The van der Waals surface area contributed by atoms with E-state index in [2.05, 4.69) is 25.0 Å². The molecule has 0 aliphatic heterocycles. The highest BCUT2D eigenvalue weighted by molar-refractivity contribution is 7.14. The number of carboxylic acid groups (broad SMARTS) is 1. The summed E-state index contributed by atoms with van der Waals surface area (Å²) < 4.78 is 40.6. The molecule has 0 fully saturated rings. The van der Waals surface area contributed by atoms with Gasteiger partial charge in [-0.2, -0.15) is 0 Å². The number of aromatic carboxylic acids is 1. The summed E-state index contributed by atoms with van der Waals surface area (Å²) in [4.78, 5) is 34.2. The molecule has 166 valence electrons. The van der Waals surface area contributed by atoms with E-state index in [0.717, 1.165) is 34.5 Å². The Morgan fingerprint density at radius 1 is 1.09 bits per heavy atom. The Hall–Kier alpha value is -4.13. The number of nitrogens with two attached hydrogens (primary N) is 1. The van der Waals surface area contributed by atoms with Crippen molar-refractivity contribution < 1.29 is 32.6 Å². The van der Waals surface area contributed by atoms with Crippen molar-refractivity contribution in [2.24, 2.45) is 0 Å². The van der Waals surface area contributed by atoms with Crippen LogP contribution in [0.1, 0.15) is 20.8 Å². The number of carboxylic acids is 1. The standard InChI is InChI=1S/C12H7F3N2O4S.C7H6N3/c13-12(14,15)21-8-4-2-1-3-6(8)9(18)17-11-16-7(5-22-11)10(19)20;8-7-9-5-3-1-2-4-6(5)10-7/h1-5H,(H,19,20)(H,16,17,18);1-4H,(H2-,8,9,10)/q;-1. The Morgan fingerprint density at radius 2 is 1.78 bits per heavy atom. The lowest BCUT2D eigenvalue weighted by Crippen LogP contribution is -2.20. The number of amides is 1. The van der Waals surface area contributed by atoms with Gasteiger partial charge in [-0.15, -0.1) is 24.5 Å². The third-order valence-electron chi connectivity index (χ3n) is 3.65. The molecule has 4 aromatic rings. The van der Waals surface area contributed by atoms with Gasteiger partial charge in [0.1, 0.15) is 5.75 Å². The lowest BCUT2D eigenvalue weighted by atomic mass is 10.2. The summed E-state index contributed by atoms with van der Waals surface area (Å²) in [5.74, 6) is -2.49. The van der Waals surface area contributed by atoms with Crippen molar-refractivity contribution >= 4 is 45.3 Å². The number of halogens is 3. The van der Waals surface area contributed by atoms with Crippen molar-refractivity contribution in [3.63, 3.8) is 0 Å². The summed E-state index contributed by atoms with van der Waals surface area (Å²) in [6, 6.07) is 12.4. The van der Waals surface area contributed by atoms with Gasteiger partial charge in [-0.1, -0.05) is 36.4 Å². The van der Waals surface area contributed by atoms with Crippen molar-refractivity contribution in [1.29, 1.82) is 0 Å². The number of carbonyl (C=O) groups excluding carboxylic acids is 1. The Bertz CT molecular complexity index is 1220. The SMILES string of the molecule is Nc1nc2ccccc2[n-]1.O=C(O)c1csc(NC(=O)c2ccccc2OC(F)(F)F)n1. The van der Waals surface area contributed by atoms with Crippen LogP contribution in [0.3, 0.4) is 0 Å². The van der Waals surface area contributed by atoms with Crippen LogP contribution in [0.25, 0.3) is 11.0 Å². The van der Waals surface area contributed by atoms with Crippen molar-refractivity contribution in [1.82, 2.24) is 15.0 Å². The zero-order valence-electron chi connectivity index (χ0n) is 15.8. The summed E-state index contributed by atoms with van der Waals surface area (Å²) in [6.07, 6.45) is -4.94. The molecule has 0 saturated heterocycles. The van der Waals surface area contributed by atoms with E-state index < -0.39 is 24.0 Å². The van der Waals surface area contributed by atoms with Gasteiger partial charge < -0.3 is 25.5 Å². The molecule has 2 aromatic carbocycles. The van der Waals surface area contributed by atoms with Gasteiger partial charge in [0, 0.05) is 22.4 Å². The van der Waals surface area contributed by atoms with E-state index in [0.29, 0.717) is 5.95 Å². The average molecular weight is 464 g/mol. The summed E-state index contributed by atoms with van der Waals surface area (Å²) >= 11 is 0.833. The van der Waals surface area contributed by atoms with E-state index in [1.807, 2.05) is 24.3 Å². The smallest absolute Gasteiger partial charge is 0.476 e. The number of nitrogen functional groups attached to an aromatic ring is 1. The molecule has 1 amide bonds. The van der Waals surface area contributed by atoms with E-state index in [1.54, 1.807) is 0 Å². The molecule has 2 heterocycles. The molecule has 0 saturated carbocycles. The lowest BCUT2D eigenvalue weighted by molar-refractivity contribution is -0.274. The molecular formula is C19H13F3N5O4S-. The number of thiazole rings is 1. The molecule has 0 radical (unpaired) electrons. The topological polar surface area (TPSA) is 142 Å². The van der Waals surface area contributed by atoms with Crippen LogP contribution in [0.15, 0.2) is 53.9 Å². The van der Waals surface area contributed by atoms with E-state index in [-0.39, 0.29) is 16.4 Å². The van der Waals surface area contributed by atoms with Gasteiger partial charge in [0.15, 0.2) is 10.8 Å². The first-order valence-corrected chi connectivity index (χ1v) is 9.50. The monoisotopic (exact) mass is 464 g/mol. The number of nitrogens with one attached hydrogen (secondary N) is 1. The van der Waals surface area contributed by atoms with Crippen LogP contribution < -0.4 is 20.8 Å². The summed E-state index contributed by atoms with van der Waals surface area (Å²) in [5.41, 5.74) is 6.46. The normalized spacial score (nSPS) is 10.8. The predicted molar refractivity (Wildman–Crippen MR) is 110 cm³/mol. The third kappa shape index (κ3) is 5.95. The van der Waals surface area contributed by atoms with Crippen LogP contribution in [-0.4, -0.2) is 33.3 Å². The summed E-state index contributed by atoms with van der Waals surface area (Å²) in [6.45, 7) is 0. The van der Waals surface area contributed by atoms with Crippen molar-refractivity contribution in [3.8, 4) is 5.75 Å². The zero-order valence-corrected chi connectivity index (χ0v) is 16.6. The zero-order chi connectivity index (χ0) is 23.3. The van der Waals surface area contributed by atoms with Gasteiger partial charge in [0.25, 0.3) is 5.91 Å². The number of para-hydroxylation sites is 3. The van der Waals surface area contributed by atoms with Gasteiger partial charge >= 0.3 is 12.3 Å². The fourth-order valence-corrected chi connectivity index (χ4v) is 3.07. The molecule has 32 heavy (non-hydrogen) atoms. The molecule has 2 aromatic heterocycles. The number of hydrogen-bond donors (Lipinski definition) is 3. The van der Waals surface area contributed by atoms with Crippen LogP contribution in [0.5, 0.6) is 5.75 Å². The molecular weight excluding hydrogens is 451 g/mol. The minimum atomic E-state index is -4.94. The van der Waals surface area contributed by atoms with Crippen LogP contribution in [-0.2, 0) is 0 Å². The predicted octanol–water partition coefficient (Wildman–Crippen LogP) is 3.77. The summed E-state index contributed by atoms with van der Waals surface area (Å²) in [7, 11) is 0. The first-order chi connectivity index (χ1) is 15.1. The Balaban J connectivity index is 0.000000238. The number of fused-ring (bicyclic) bond motifs is 1. The molecule has 0 bridgehead atoms. The maximum absolute atomic E-state index is 12.3. The van der Waals surface area contributed by atoms with Gasteiger partial charge in [-0.25, -0.2) is 9.78 Å². The van der Waals surface area contributed by atoms with Crippen molar-refractivity contribution in [3.05, 3.63) is 65.2 Å². The van der Waals surface area contributed by atoms with Gasteiger partial charge in [-0.3, -0.25) is 10.1 Å².